The van der Waals surface area contributed by atoms with Gasteiger partial charge in [0.05, 0.1) is 0 Å². The lowest BCUT2D eigenvalue weighted by Gasteiger charge is -2.31. The molecule has 0 aliphatic carbocycles. The Morgan fingerprint density at radius 2 is 2.24 bits per heavy atom. The van der Waals surface area contributed by atoms with Crippen LogP contribution >= 0.6 is 11.6 Å². The van der Waals surface area contributed by atoms with Crippen LogP contribution in [0.5, 0.6) is 0 Å². The van der Waals surface area contributed by atoms with Crippen LogP contribution in [0.1, 0.15) is 48.5 Å². The van der Waals surface area contributed by atoms with Crippen LogP contribution in [0.15, 0.2) is 18.2 Å². The number of piperidine rings is 1. The topological polar surface area (TPSA) is 32.3 Å². The zero-order chi connectivity index (χ0) is 15.2. The SMILES string of the molecule is CCCN(CC1CCCCN1)C(=O)c1cc(Cl)ccc1C. The van der Waals surface area contributed by atoms with E-state index in [1.165, 1.54) is 12.8 Å². The first-order valence-electron chi connectivity index (χ1n) is 7.90. The Labute approximate surface area is 132 Å². The lowest BCUT2D eigenvalue weighted by molar-refractivity contribution is 0.0731. The number of hydrogen-bond acceptors (Lipinski definition) is 2. The third-order valence-electron chi connectivity index (χ3n) is 4.06. The smallest absolute Gasteiger partial charge is 0.254 e. The van der Waals surface area contributed by atoms with E-state index in [0.29, 0.717) is 11.1 Å². The molecule has 1 fully saturated rings. The lowest BCUT2D eigenvalue weighted by Crippen LogP contribution is -2.46. The molecule has 1 aromatic carbocycles. The number of rotatable bonds is 5. The van der Waals surface area contributed by atoms with Gasteiger partial charge in [-0.2, -0.15) is 0 Å². The molecule has 21 heavy (non-hydrogen) atoms. The van der Waals surface area contributed by atoms with Crippen molar-refractivity contribution in [3.8, 4) is 0 Å². The summed E-state index contributed by atoms with van der Waals surface area (Å²) in [4.78, 5) is 14.8. The van der Waals surface area contributed by atoms with Crippen LogP contribution in [0.4, 0.5) is 0 Å². The van der Waals surface area contributed by atoms with E-state index in [9.17, 15) is 4.79 Å². The van der Waals surface area contributed by atoms with Crippen LogP contribution in [0.25, 0.3) is 0 Å². The molecule has 1 N–H and O–H groups in total. The monoisotopic (exact) mass is 308 g/mol. The van der Waals surface area contributed by atoms with E-state index < -0.39 is 0 Å². The number of benzene rings is 1. The van der Waals surface area contributed by atoms with Gasteiger partial charge in [-0.1, -0.05) is 31.0 Å². The number of nitrogens with zero attached hydrogens (tertiary/aromatic N) is 1. The molecular formula is C17H25ClN2O. The lowest BCUT2D eigenvalue weighted by atomic mass is 10.0. The summed E-state index contributed by atoms with van der Waals surface area (Å²) in [5, 5.41) is 4.14. The van der Waals surface area contributed by atoms with Crippen molar-refractivity contribution in [2.75, 3.05) is 19.6 Å². The largest absolute Gasteiger partial charge is 0.337 e. The molecule has 1 aromatic rings. The minimum atomic E-state index is 0.101. The average Bonchev–Trinajstić information content (AvgIpc) is 2.49. The number of nitrogens with one attached hydrogen (secondary N) is 1. The minimum Gasteiger partial charge on any atom is -0.337 e. The summed E-state index contributed by atoms with van der Waals surface area (Å²) < 4.78 is 0. The number of halogens is 1. The molecule has 4 heteroatoms. The second-order valence-electron chi connectivity index (χ2n) is 5.86. The van der Waals surface area contributed by atoms with Crippen LogP contribution in [0.2, 0.25) is 5.02 Å². The van der Waals surface area contributed by atoms with Gasteiger partial charge >= 0.3 is 0 Å². The summed E-state index contributed by atoms with van der Waals surface area (Å²) in [6.07, 6.45) is 4.62. The summed E-state index contributed by atoms with van der Waals surface area (Å²) >= 11 is 6.05. The minimum absolute atomic E-state index is 0.101. The van der Waals surface area contributed by atoms with Crippen molar-refractivity contribution < 1.29 is 4.79 Å². The third-order valence-corrected chi connectivity index (χ3v) is 4.30. The molecule has 1 aliphatic heterocycles. The van der Waals surface area contributed by atoms with E-state index in [4.69, 9.17) is 11.6 Å². The Hall–Kier alpha value is -1.06. The number of carbonyl (C=O) groups is 1. The first kappa shape index (κ1) is 16.3. The highest BCUT2D eigenvalue weighted by molar-refractivity contribution is 6.31. The zero-order valence-corrected chi connectivity index (χ0v) is 13.7. The molecule has 1 atom stereocenters. The third kappa shape index (κ3) is 4.45. The molecule has 1 aliphatic rings. The number of aryl methyl sites for hydroxylation is 1. The molecule has 1 saturated heterocycles. The second kappa shape index (κ2) is 7.81. The highest BCUT2D eigenvalue weighted by atomic mass is 35.5. The van der Waals surface area contributed by atoms with Gasteiger partial charge in [-0.3, -0.25) is 4.79 Å². The van der Waals surface area contributed by atoms with Crippen molar-refractivity contribution in [1.82, 2.24) is 10.2 Å². The quantitative estimate of drug-likeness (QED) is 0.900. The van der Waals surface area contributed by atoms with Crippen molar-refractivity contribution in [2.45, 2.75) is 45.6 Å². The van der Waals surface area contributed by atoms with Crippen LogP contribution < -0.4 is 5.32 Å². The van der Waals surface area contributed by atoms with Gasteiger partial charge in [0, 0.05) is 29.7 Å². The van der Waals surface area contributed by atoms with Gasteiger partial charge in [0.25, 0.3) is 5.91 Å². The van der Waals surface area contributed by atoms with Crippen LogP contribution in [0.3, 0.4) is 0 Å². The molecule has 0 radical (unpaired) electrons. The summed E-state index contributed by atoms with van der Waals surface area (Å²) in [7, 11) is 0. The predicted molar refractivity (Wildman–Crippen MR) is 88.0 cm³/mol. The van der Waals surface area contributed by atoms with Gasteiger partial charge in [-0.25, -0.2) is 0 Å². The fourth-order valence-electron chi connectivity index (χ4n) is 2.89. The highest BCUT2D eigenvalue weighted by Crippen LogP contribution is 2.18. The number of carbonyl (C=O) groups excluding carboxylic acids is 1. The van der Waals surface area contributed by atoms with E-state index in [2.05, 4.69) is 12.2 Å². The van der Waals surface area contributed by atoms with E-state index >= 15 is 0 Å². The molecule has 0 bridgehead atoms. The summed E-state index contributed by atoms with van der Waals surface area (Å²) in [6.45, 7) is 6.72. The van der Waals surface area contributed by atoms with E-state index in [-0.39, 0.29) is 5.91 Å². The summed E-state index contributed by atoms with van der Waals surface area (Å²) in [5.41, 5.74) is 1.72. The van der Waals surface area contributed by atoms with Crippen molar-refractivity contribution in [2.24, 2.45) is 0 Å². The molecule has 1 amide bonds. The van der Waals surface area contributed by atoms with Crippen molar-refractivity contribution in [3.05, 3.63) is 34.3 Å². The zero-order valence-electron chi connectivity index (χ0n) is 13.0. The van der Waals surface area contributed by atoms with E-state index in [0.717, 1.165) is 43.6 Å². The van der Waals surface area contributed by atoms with Crippen LogP contribution in [-0.4, -0.2) is 36.5 Å². The van der Waals surface area contributed by atoms with Crippen molar-refractivity contribution >= 4 is 17.5 Å². The van der Waals surface area contributed by atoms with Crippen molar-refractivity contribution in [3.63, 3.8) is 0 Å². The molecule has 116 valence electrons. The normalized spacial score (nSPS) is 18.5. The Kier molecular flexibility index (Phi) is 6.07. The van der Waals surface area contributed by atoms with Crippen molar-refractivity contribution in [1.29, 1.82) is 0 Å². The molecule has 0 aromatic heterocycles. The Morgan fingerprint density at radius 1 is 1.43 bits per heavy atom. The average molecular weight is 309 g/mol. The Balaban J connectivity index is 2.12. The van der Waals surface area contributed by atoms with Gasteiger partial charge < -0.3 is 10.2 Å². The maximum atomic E-state index is 12.8. The first-order chi connectivity index (χ1) is 10.1. The van der Waals surface area contributed by atoms with Gasteiger partial charge in [0.1, 0.15) is 0 Å². The molecule has 0 saturated carbocycles. The molecular weight excluding hydrogens is 284 g/mol. The van der Waals surface area contributed by atoms with Gasteiger partial charge in [0.2, 0.25) is 0 Å². The molecule has 0 spiro atoms. The standard InChI is InChI=1S/C17H25ClN2O/c1-3-10-20(12-15-6-4-5-9-19-15)17(21)16-11-14(18)8-7-13(16)2/h7-8,11,15,19H,3-6,9-10,12H2,1-2H3. The Bertz CT molecular complexity index is 484. The summed E-state index contributed by atoms with van der Waals surface area (Å²) in [5.74, 6) is 0.101. The summed E-state index contributed by atoms with van der Waals surface area (Å²) in [6, 6.07) is 5.96. The molecule has 1 unspecified atom stereocenters. The highest BCUT2D eigenvalue weighted by Gasteiger charge is 2.22. The fourth-order valence-corrected chi connectivity index (χ4v) is 3.06. The molecule has 2 rings (SSSR count). The van der Waals surface area contributed by atoms with Gasteiger partial charge in [0.15, 0.2) is 0 Å². The predicted octanol–water partition coefficient (Wildman–Crippen LogP) is 3.64. The van der Waals surface area contributed by atoms with E-state index in [1.54, 1.807) is 6.07 Å². The second-order valence-corrected chi connectivity index (χ2v) is 6.29. The molecule has 1 heterocycles. The van der Waals surface area contributed by atoms with Crippen LogP contribution in [-0.2, 0) is 0 Å². The fraction of sp³-hybridized carbons (Fsp3) is 0.588. The van der Waals surface area contributed by atoms with Crippen LogP contribution in [0, 0.1) is 6.92 Å². The maximum absolute atomic E-state index is 12.8. The van der Waals surface area contributed by atoms with Gasteiger partial charge in [-0.05, 0) is 50.4 Å². The first-order valence-corrected chi connectivity index (χ1v) is 8.28. The van der Waals surface area contributed by atoms with Gasteiger partial charge in [-0.15, -0.1) is 0 Å². The molecule has 3 nitrogen and oxygen atoms in total. The number of amides is 1. The Morgan fingerprint density at radius 3 is 2.90 bits per heavy atom. The maximum Gasteiger partial charge on any atom is 0.254 e. The van der Waals surface area contributed by atoms with E-state index in [1.807, 2.05) is 24.0 Å². The number of hydrogen-bond donors (Lipinski definition) is 1.